The highest BCUT2D eigenvalue weighted by molar-refractivity contribution is 5.92. The number of urea groups is 1. The van der Waals surface area contributed by atoms with Crippen molar-refractivity contribution >= 4 is 29.2 Å². The first-order valence-corrected chi connectivity index (χ1v) is 9.69. The summed E-state index contributed by atoms with van der Waals surface area (Å²) in [5, 5.41) is 5.11. The molecular formula is C20H29FN4O3. The minimum atomic E-state index is -0.579. The summed E-state index contributed by atoms with van der Waals surface area (Å²) in [6.07, 6.45) is 3.21. The van der Waals surface area contributed by atoms with Crippen molar-refractivity contribution in [2.45, 2.75) is 39.5 Å². The largest absolute Gasteiger partial charge is 0.346 e. The van der Waals surface area contributed by atoms with Crippen molar-refractivity contribution in [3.63, 3.8) is 0 Å². The number of piperidine rings is 1. The SMILES string of the molecule is CCCCN(C)C(=O)C1CCN(C(=O)Nc2cc(NC(C)=O)ccc2F)CC1. The Morgan fingerprint density at radius 2 is 1.89 bits per heavy atom. The molecular weight excluding hydrogens is 363 g/mol. The number of benzene rings is 1. The van der Waals surface area contributed by atoms with Crippen LogP contribution in [0, 0.1) is 11.7 Å². The van der Waals surface area contributed by atoms with Gasteiger partial charge in [0.25, 0.3) is 0 Å². The number of carbonyl (C=O) groups is 3. The molecule has 2 N–H and O–H groups in total. The Morgan fingerprint density at radius 1 is 1.21 bits per heavy atom. The van der Waals surface area contributed by atoms with Crippen molar-refractivity contribution in [1.29, 1.82) is 0 Å². The van der Waals surface area contributed by atoms with Gasteiger partial charge in [-0.15, -0.1) is 0 Å². The van der Waals surface area contributed by atoms with Gasteiger partial charge in [0.15, 0.2) is 0 Å². The number of nitrogens with zero attached hydrogens (tertiary/aromatic N) is 2. The van der Waals surface area contributed by atoms with Crippen molar-refractivity contribution in [2.75, 3.05) is 37.3 Å². The topological polar surface area (TPSA) is 81.8 Å². The molecule has 1 aliphatic rings. The minimum absolute atomic E-state index is 0.00810. The summed E-state index contributed by atoms with van der Waals surface area (Å²) in [7, 11) is 1.82. The molecule has 0 aliphatic carbocycles. The second kappa shape index (κ2) is 10.1. The van der Waals surface area contributed by atoms with Gasteiger partial charge in [0.05, 0.1) is 5.69 Å². The zero-order valence-corrected chi connectivity index (χ0v) is 16.8. The maximum absolute atomic E-state index is 14.0. The molecule has 0 spiro atoms. The van der Waals surface area contributed by atoms with E-state index in [0.29, 0.717) is 31.6 Å². The van der Waals surface area contributed by atoms with Gasteiger partial charge in [-0.1, -0.05) is 13.3 Å². The molecule has 4 amide bonds. The number of hydrogen-bond acceptors (Lipinski definition) is 3. The van der Waals surface area contributed by atoms with Crippen LogP contribution in [0.15, 0.2) is 18.2 Å². The van der Waals surface area contributed by atoms with E-state index in [1.807, 2.05) is 7.05 Å². The van der Waals surface area contributed by atoms with E-state index in [1.54, 1.807) is 9.80 Å². The van der Waals surface area contributed by atoms with Gasteiger partial charge in [-0.2, -0.15) is 0 Å². The first kappa shape index (κ1) is 21.7. The van der Waals surface area contributed by atoms with E-state index in [9.17, 15) is 18.8 Å². The number of amides is 4. The van der Waals surface area contributed by atoms with Crippen LogP contribution in [-0.2, 0) is 9.59 Å². The molecule has 1 aromatic carbocycles. The standard InChI is InChI=1S/C20H29FN4O3/c1-4-5-10-24(3)19(27)15-8-11-25(12-9-15)20(28)23-18-13-16(22-14(2)26)6-7-17(18)21/h6-7,13,15H,4-5,8-12H2,1-3H3,(H,22,26)(H,23,28). The molecule has 1 aromatic rings. The number of hydrogen-bond donors (Lipinski definition) is 2. The minimum Gasteiger partial charge on any atom is -0.346 e. The first-order valence-electron chi connectivity index (χ1n) is 9.69. The third kappa shape index (κ3) is 5.94. The normalized spacial score (nSPS) is 14.5. The lowest BCUT2D eigenvalue weighted by molar-refractivity contribution is -0.135. The van der Waals surface area contributed by atoms with Crippen LogP contribution >= 0.6 is 0 Å². The molecule has 28 heavy (non-hydrogen) atoms. The Kier molecular flexibility index (Phi) is 7.78. The third-order valence-electron chi connectivity index (χ3n) is 4.88. The Bertz CT molecular complexity index is 717. The van der Waals surface area contributed by atoms with Crippen LogP contribution in [0.3, 0.4) is 0 Å². The van der Waals surface area contributed by atoms with Crippen LogP contribution < -0.4 is 10.6 Å². The summed E-state index contributed by atoms with van der Waals surface area (Å²) in [6, 6.07) is 3.59. The number of anilines is 2. The molecule has 0 bridgehead atoms. The average Bonchev–Trinajstić information content (AvgIpc) is 2.67. The van der Waals surface area contributed by atoms with E-state index in [2.05, 4.69) is 17.6 Å². The highest BCUT2D eigenvalue weighted by atomic mass is 19.1. The Hall–Kier alpha value is -2.64. The molecule has 0 unspecified atom stereocenters. The summed E-state index contributed by atoms with van der Waals surface area (Å²) in [4.78, 5) is 39.4. The van der Waals surface area contributed by atoms with Crippen molar-refractivity contribution in [3.05, 3.63) is 24.0 Å². The lowest BCUT2D eigenvalue weighted by atomic mass is 9.95. The van der Waals surface area contributed by atoms with Crippen molar-refractivity contribution in [2.24, 2.45) is 5.92 Å². The monoisotopic (exact) mass is 392 g/mol. The van der Waals surface area contributed by atoms with E-state index in [1.165, 1.54) is 25.1 Å². The van der Waals surface area contributed by atoms with Gasteiger partial charge < -0.3 is 20.4 Å². The van der Waals surface area contributed by atoms with Gasteiger partial charge in [-0.25, -0.2) is 9.18 Å². The predicted molar refractivity (Wildman–Crippen MR) is 107 cm³/mol. The van der Waals surface area contributed by atoms with Crippen molar-refractivity contribution in [3.8, 4) is 0 Å². The number of halogens is 1. The fourth-order valence-corrected chi connectivity index (χ4v) is 3.24. The molecule has 7 nitrogen and oxygen atoms in total. The molecule has 1 aliphatic heterocycles. The van der Waals surface area contributed by atoms with E-state index in [0.717, 1.165) is 19.4 Å². The van der Waals surface area contributed by atoms with Gasteiger partial charge in [0, 0.05) is 45.2 Å². The van der Waals surface area contributed by atoms with Crippen LogP contribution in [0.5, 0.6) is 0 Å². The van der Waals surface area contributed by atoms with E-state index in [4.69, 9.17) is 0 Å². The van der Waals surface area contributed by atoms with Crippen LogP contribution in [-0.4, -0.2) is 54.3 Å². The van der Waals surface area contributed by atoms with Gasteiger partial charge in [-0.05, 0) is 37.5 Å². The lowest BCUT2D eigenvalue weighted by Gasteiger charge is -2.33. The lowest BCUT2D eigenvalue weighted by Crippen LogP contribution is -2.45. The Labute approximate surface area is 165 Å². The molecule has 1 heterocycles. The van der Waals surface area contributed by atoms with E-state index < -0.39 is 11.8 Å². The Morgan fingerprint density at radius 3 is 2.50 bits per heavy atom. The molecule has 2 rings (SSSR count). The summed E-state index contributed by atoms with van der Waals surface area (Å²) >= 11 is 0. The van der Waals surface area contributed by atoms with Crippen molar-refractivity contribution < 1.29 is 18.8 Å². The molecule has 0 saturated carbocycles. The van der Waals surface area contributed by atoms with Gasteiger partial charge in [0.2, 0.25) is 11.8 Å². The summed E-state index contributed by atoms with van der Waals surface area (Å²) in [6.45, 7) is 5.07. The maximum Gasteiger partial charge on any atom is 0.321 e. The predicted octanol–water partition coefficient (Wildman–Crippen LogP) is 3.29. The molecule has 1 saturated heterocycles. The second-order valence-corrected chi connectivity index (χ2v) is 7.18. The number of likely N-dealkylation sites (tertiary alicyclic amines) is 1. The number of carbonyl (C=O) groups excluding carboxylic acids is 3. The zero-order chi connectivity index (χ0) is 20.7. The Balaban J connectivity index is 1.90. The number of nitrogens with one attached hydrogen (secondary N) is 2. The van der Waals surface area contributed by atoms with Gasteiger partial charge >= 0.3 is 6.03 Å². The van der Waals surface area contributed by atoms with Crippen LogP contribution in [0.25, 0.3) is 0 Å². The molecule has 8 heteroatoms. The zero-order valence-electron chi connectivity index (χ0n) is 16.8. The second-order valence-electron chi connectivity index (χ2n) is 7.18. The smallest absolute Gasteiger partial charge is 0.321 e. The quantitative estimate of drug-likeness (QED) is 0.779. The fourth-order valence-electron chi connectivity index (χ4n) is 3.24. The highest BCUT2D eigenvalue weighted by Gasteiger charge is 2.29. The number of rotatable bonds is 6. The molecule has 1 fully saturated rings. The first-order chi connectivity index (χ1) is 13.3. The summed E-state index contributed by atoms with van der Waals surface area (Å²) in [5.41, 5.74) is 0.414. The maximum atomic E-state index is 14.0. The third-order valence-corrected chi connectivity index (χ3v) is 4.88. The van der Waals surface area contributed by atoms with Gasteiger partial charge in [-0.3, -0.25) is 9.59 Å². The molecule has 0 aromatic heterocycles. The van der Waals surface area contributed by atoms with Crippen LogP contribution in [0.1, 0.15) is 39.5 Å². The van der Waals surface area contributed by atoms with Crippen LogP contribution in [0.4, 0.5) is 20.6 Å². The average molecular weight is 392 g/mol. The fraction of sp³-hybridized carbons (Fsp3) is 0.550. The van der Waals surface area contributed by atoms with Gasteiger partial charge in [0.1, 0.15) is 5.82 Å². The van der Waals surface area contributed by atoms with Crippen LogP contribution in [0.2, 0.25) is 0 Å². The van der Waals surface area contributed by atoms with Crippen molar-refractivity contribution in [1.82, 2.24) is 9.80 Å². The number of unbranched alkanes of at least 4 members (excludes halogenated alkanes) is 1. The molecule has 0 radical (unpaired) electrons. The highest BCUT2D eigenvalue weighted by Crippen LogP contribution is 2.23. The molecule has 0 atom stereocenters. The van der Waals surface area contributed by atoms with E-state index >= 15 is 0 Å². The molecule has 154 valence electrons. The summed E-state index contributed by atoms with van der Waals surface area (Å²) in [5.74, 6) is -0.808. The van der Waals surface area contributed by atoms with E-state index in [-0.39, 0.29) is 23.4 Å². The summed E-state index contributed by atoms with van der Waals surface area (Å²) < 4.78 is 14.0.